The van der Waals surface area contributed by atoms with Gasteiger partial charge in [0.1, 0.15) is 17.3 Å². The highest BCUT2D eigenvalue weighted by molar-refractivity contribution is 6.30. The van der Waals surface area contributed by atoms with Crippen LogP contribution in [0.1, 0.15) is 23.5 Å². The molecule has 2 unspecified atom stereocenters. The number of ether oxygens (including phenoxy) is 1. The Labute approximate surface area is 213 Å². The second kappa shape index (κ2) is 8.45. The molecule has 2 aliphatic heterocycles. The van der Waals surface area contributed by atoms with E-state index in [1.54, 1.807) is 18.5 Å². The van der Waals surface area contributed by atoms with Crippen molar-refractivity contribution in [2.45, 2.75) is 18.4 Å². The summed E-state index contributed by atoms with van der Waals surface area (Å²) in [5.41, 5.74) is 6.35. The highest BCUT2D eigenvalue weighted by Crippen LogP contribution is 2.45. The molecule has 7 nitrogen and oxygen atoms in total. The van der Waals surface area contributed by atoms with Gasteiger partial charge in [0, 0.05) is 49.9 Å². The number of halogens is 1. The fourth-order valence-electron chi connectivity index (χ4n) is 6.18. The number of fused-ring (bicyclic) bond motifs is 5. The van der Waals surface area contributed by atoms with Gasteiger partial charge in [-0.1, -0.05) is 60.1 Å². The van der Waals surface area contributed by atoms with Crippen molar-refractivity contribution < 1.29 is 9.53 Å². The van der Waals surface area contributed by atoms with E-state index in [2.05, 4.69) is 68.4 Å². The average molecular weight is 498 g/mol. The van der Waals surface area contributed by atoms with E-state index in [0.717, 1.165) is 29.8 Å². The lowest BCUT2D eigenvalue weighted by atomic mass is 9.98. The normalized spacial score (nSPS) is 20.5. The molecule has 7 rings (SSSR count). The summed E-state index contributed by atoms with van der Waals surface area (Å²) in [5.74, 6) is 1.14. The van der Waals surface area contributed by atoms with Gasteiger partial charge in [-0.15, -0.1) is 0 Å². The summed E-state index contributed by atoms with van der Waals surface area (Å²) in [5, 5.41) is 0.392. The molecule has 0 N–H and O–H groups in total. The van der Waals surface area contributed by atoms with Crippen molar-refractivity contribution in [1.82, 2.24) is 19.9 Å². The number of amides is 1. The standard InChI is InChI=1S/C28H24ClN5O2/c29-25-13-23-26(31-11-10-30-23)27(32-25)33-14-17-9-12-34(24(17)15-33)28(35)36-16-22-20-7-3-1-5-18(20)19-6-2-4-8-21(19)22/h1-8,10-11,13,17,22,24H,9,12,14-16H2. The van der Waals surface area contributed by atoms with Crippen LogP contribution in [0, 0.1) is 5.92 Å². The van der Waals surface area contributed by atoms with Crippen LogP contribution in [0.5, 0.6) is 0 Å². The van der Waals surface area contributed by atoms with Gasteiger partial charge in [-0.3, -0.25) is 4.98 Å². The number of rotatable bonds is 3. The molecule has 180 valence electrons. The molecular formula is C28H24ClN5O2. The van der Waals surface area contributed by atoms with Crippen LogP contribution in [0.15, 0.2) is 67.0 Å². The first-order valence-electron chi connectivity index (χ1n) is 12.3. The third kappa shape index (κ3) is 3.41. The number of nitrogens with zero attached hydrogens (tertiary/aromatic N) is 5. The molecule has 2 atom stereocenters. The van der Waals surface area contributed by atoms with Gasteiger partial charge in [0.25, 0.3) is 0 Å². The van der Waals surface area contributed by atoms with Gasteiger partial charge in [-0.25, -0.2) is 14.8 Å². The molecule has 1 amide bonds. The summed E-state index contributed by atoms with van der Waals surface area (Å²) in [6, 6.07) is 18.6. The van der Waals surface area contributed by atoms with Crippen LogP contribution in [-0.4, -0.2) is 58.2 Å². The quantitative estimate of drug-likeness (QED) is 0.365. The Kier molecular flexibility index (Phi) is 5.06. The van der Waals surface area contributed by atoms with Crippen LogP contribution >= 0.6 is 11.6 Å². The van der Waals surface area contributed by atoms with Crippen molar-refractivity contribution in [1.29, 1.82) is 0 Å². The fourth-order valence-corrected chi connectivity index (χ4v) is 6.37. The van der Waals surface area contributed by atoms with Crippen molar-refractivity contribution in [3.8, 4) is 11.1 Å². The summed E-state index contributed by atoms with van der Waals surface area (Å²) in [7, 11) is 0. The number of hydrogen-bond acceptors (Lipinski definition) is 6. The van der Waals surface area contributed by atoms with Crippen molar-refractivity contribution in [2.24, 2.45) is 5.92 Å². The Balaban J connectivity index is 1.09. The van der Waals surface area contributed by atoms with Crippen LogP contribution in [0.3, 0.4) is 0 Å². The van der Waals surface area contributed by atoms with Gasteiger partial charge in [0.2, 0.25) is 0 Å². The zero-order valence-electron chi connectivity index (χ0n) is 19.5. The lowest BCUT2D eigenvalue weighted by molar-refractivity contribution is 0.0960. The predicted octanol–water partition coefficient (Wildman–Crippen LogP) is 5.14. The second-order valence-electron chi connectivity index (χ2n) is 9.71. The SMILES string of the molecule is O=C(OCC1c2ccccc2-c2ccccc21)N1CCC2CN(c3nc(Cl)cc4nccnc34)CC21. The maximum absolute atomic E-state index is 13.3. The summed E-state index contributed by atoms with van der Waals surface area (Å²) in [6.07, 6.45) is 4.02. The second-order valence-corrected chi connectivity index (χ2v) is 10.1. The minimum Gasteiger partial charge on any atom is -0.448 e. The molecular weight excluding hydrogens is 474 g/mol. The molecule has 0 spiro atoms. The van der Waals surface area contributed by atoms with E-state index in [0.29, 0.717) is 30.8 Å². The summed E-state index contributed by atoms with van der Waals surface area (Å²) in [4.78, 5) is 30.8. The number of carbonyl (C=O) groups excluding carboxylic acids is 1. The molecule has 4 aromatic rings. The van der Waals surface area contributed by atoms with E-state index in [4.69, 9.17) is 16.3 Å². The first kappa shape index (κ1) is 21.6. The van der Waals surface area contributed by atoms with E-state index >= 15 is 0 Å². The molecule has 8 heteroatoms. The zero-order valence-corrected chi connectivity index (χ0v) is 20.3. The van der Waals surface area contributed by atoms with Crippen molar-refractivity contribution in [2.75, 3.05) is 31.1 Å². The lowest BCUT2D eigenvalue weighted by Gasteiger charge is -2.26. The minimum absolute atomic E-state index is 0.0559. The number of anilines is 1. The number of carbonyl (C=O) groups is 1. The Morgan fingerprint density at radius 1 is 1.00 bits per heavy atom. The molecule has 2 fully saturated rings. The molecule has 2 aromatic heterocycles. The van der Waals surface area contributed by atoms with Gasteiger partial charge in [0.05, 0.1) is 11.6 Å². The first-order valence-corrected chi connectivity index (χ1v) is 12.7. The monoisotopic (exact) mass is 497 g/mol. The number of pyridine rings is 1. The highest BCUT2D eigenvalue weighted by Gasteiger charge is 2.45. The van der Waals surface area contributed by atoms with Gasteiger partial charge < -0.3 is 14.5 Å². The number of likely N-dealkylation sites (tertiary alicyclic amines) is 1. The smallest absolute Gasteiger partial charge is 0.410 e. The van der Waals surface area contributed by atoms with Crippen LogP contribution < -0.4 is 4.90 Å². The summed E-state index contributed by atoms with van der Waals surface area (Å²) in [6.45, 7) is 2.52. The third-order valence-corrected chi connectivity index (χ3v) is 8.02. The van der Waals surface area contributed by atoms with Gasteiger partial charge >= 0.3 is 6.09 Å². The Hall–Kier alpha value is -3.71. The molecule has 4 heterocycles. The van der Waals surface area contributed by atoms with Gasteiger partial charge in [-0.2, -0.15) is 0 Å². The lowest BCUT2D eigenvalue weighted by Crippen LogP contribution is -2.40. The third-order valence-electron chi connectivity index (χ3n) is 7.82. The van der Waals surface area contributed by atoms with Gasteiger partial charge in [-0.05, 0) is 28.7 Å². The molecule has 36 heavy (non-hydrogen) atoms. The molecule has 0 saturated carbocycles. The fraction of sp³-hybridized carbons (Fsp3) is 0.286. The molecule has 2 aromatic carbocycles. The highest BCUT2D eigenvalue weighted by atomic mass is 35.5. The molecule has 1 aliphatic carbocycles. The topological polar surface area (TPSA) is 71.5 Å². The van der Waals surface area contributed by atoms with Crippen molar-refractivity contribution >= 4 is 34.5 Å². The van der Waals surface area contributed by atoms with E-state index in [1.807, 2.05) is 4.90 Å². The van der Waals surface area contributed by atoms with Gasteiger partial charge in [0.15, 0.2) is 5.82 Å². The number of hydrogen-bond donors (Lipinski definition) is 0. The first-order chi connectivity index (χ1) is 17.7. The maximum atomic E-state index is 13.3. The molecule has 0 bridgehead atoms. The van der Waals surface area contributed by atoms with E-state index in [9.17, 15) is 4.79 Å². The Morgan fingerprint density at radius 2 is 1.72 bits per heavy atom. The number of aromatic nitrogens is 3. The Bertz CT molecular complexity index is 1450. The van der Waals surface area contributed by atoms with Crippen LogP contribution in [0.2, 0.25) is 5.15 Å². The van der Waals surface area contributed by atoms with Crippen LogP contribution in [-0.2, 0) is 4.74 Å². The predicted molar refractivity (Wildman–Crippen MR) is 138 cm³/mol. The largest absolute Gasteiger partial charge is 0.448 e. The molecule has 2 saturated heterocycles. The summed E-state index contributed by atoms with van der Waals surface area (Å²) >= 11 is 6.29. The molecule has 0 radical (unpaired) electrons. The minimum atomic E-state index is -0.241. The molecule has 3 aliphatic rings. The summed E-state index contributed by atoms with van der Waals surface area (Å²) < 4.78 is 5.97. The number of benzene rings is 2. The van der Waals surface area contributed by atoms with E-state index < -0.39 is 0 Å². The Morgan fingerprint density at radius 3 is 2.50 bits per heavy atom. The van der Waals surface area contributed by atoms with Crippen LogP contribution in [0.4, 0.5) is 10.6 Å². The van der Waals surface area contributed by atoms with Crippen molar-refractivity contribution in [3.05, 3.63) is 83.3 Å². The van der Waals surface area contributed by atoms with E-state index in [1.165, 1.54) is 22.3 Å². The van der Waals surface area contributed by atoms with E-state index in [-0.39, 0.29) is 18.1 Å². The maximum Gasteiger partial charge on any atom is 0.410 e. The average Bonchev–Trinajstić information content (AvgIpc) is 3.58. The van der Waals surface area contributed by atoms with Crippen LogP contribution in [0.25, 0.3) is 22.2 Å². The zero-order chi connectivity index (χ0) is 24.2. The van der Waals surface area contributed by atoms with Crippen molar-refractivity contribution in [3.63, 3.8) is 0 Å².